The molecule has 0 spiro atoms. The fourth-order valence-electron chi connectivity index (χ4n) is 2.90. The second kappa shape index (κ2) is 4.77. The molecule has 3 heterocycles. The number of fused-ring (bicyclic) bond motifs is 1. The second-order valence-corrected chi connectivity index (χ2v) is 5.45. The van der Waals surface area contributed by atoms with Crippen LogP contribution in [0.2, 0.25) is 0 Å². The summed E-state index contributed by atoms with van der Waals surface area (Å²) in [6.45, 7) is 2.83. The number of hydrogen-bond donors (Lipinski definition) is 1. The molecule has 0 radical (unpaired) electrons. The molecule has 2 aliphatic rings. The SMILES string of the molecule is C[C@H]1Cn2ncc(N3CC(C#N)CC3=O)c2CN1C(=O)O. The summed E-state index contributed by atoms with van der Waals surface area (Å²) in [6, 6.07) is 1.94. The number of amides is 2. The minimum Gasteiger partial charge on any atom is -0.465 e. The molecule has 0 aliphatic carbocycles. The minimum absolute atomic E-state index is 0.113. The molecule has 8 nitrogen and oxygen atoms in total. The molecule has 1 aromatic heterocycles. The van der Waals surface area contributed by atoms with Crippen LogP contribution in [-0.2, 0) is 17.9 Å². The van der Waals surface area contributed by atoms with Crippen molar-refractivity contribution in [2.75, 3.05) is 11.4 Å². The van der Waals surface area contributed by atoms with Gasteiger partial charge in [-0.1, -0.05) is 0 Å². The summed E-state index contributed by atoms with van der Waals surface area (Å²) >= 11 is 0. The van der Waals surface area contributed by atoms with Crippen LogP contribution in [0.3, 0.4) is 0 Å². The average molecular weight is 289 g/mol. The van der Waals surface area contributed by atoms with Gasteiger partial charge in [-0.05, 0) is 6.92 Å². The zero-order chi connectivity index (χ0) is 15.1. The second-order valence-electron chi connectivity index (χ2n) is 5.45. The minimum atomic E-state index is -0.983. The van der Waals surface area contributed by atoms with Crippen molar-refractivity contribution in [3.05, 3.63) is 11.9 Å². The van der Waals surface area contributed by atoms with E-state index in [4.69, 9.17) is 5.26 Å². The zero-order valence-corrected chi connectivity index (χ0v) is 11.6. The molecule has 0 saturated carbocycles. The van der Waals surface area contributed by atoms with Crippen LogP contribution in [0, 0.1) is 17.2 Å². The Labute approximate surface area is 121 Å². The molecular weight excluding hydrogens is 274 g/mol. The van der Waals surface area contributed by atoms with E-state index in [1.807, 2.05) is 6.92 Å². The van der Waals surface area contributed by atoms with Crippen molar-refractivity contribution in [3.8, 4) is 6.07 Å². The smallest absolute Gasteiger partial charge is 0.407 e. The van der Waals surface area contributed by atoms with E-state index in [0.717, 1.165) is 0 Å². The van der Waals surface area contributed by atoms with Crippen LogP contribution in [0.4, 0.5) is 10.5 Å². The van der Waals surface area contributed by atoms with Gasteiger partial charge in [-0.15, -0.1) is 0 Å². The van der Waals surface area contributed by atoms with Gasteiger partial charge < -0.3 is 10.0 Å². The van der Waals surface area contributed by atoms with E-state index in [1.54, 1.807) is 15.8 Å². The van der Waals surface area contributed by atoms with Crippen molar-refractivity contribution in [1.82, 2.24) is 14.7 Å². The number of rotatable bonds is 1. The van der Waals surface area contributed by atoms with Gasteiger partial charge in [-0.25, -0.2) is 4.79 Å². The lowest BCUT2D eigenvalue weighted by Crippen LogP contribution is -2.44. The Kier molecular flexibility index (Phi) is 3.05. The van der Waals surface area contributed by atoms with Crippen molar-refractivity contribution in [1.29, 1.82) is 5.26 Å². The number of aromatic nitrogens is 2. The largest absolute Gasteiger partial charge is 0.465 e. The molecule has 0 bridgehead atoms. The van der Waals surface area contributed by atoms with Gasteiger partial charge in [-0.2, -0.15) is 10.4 Å². The lowest BCUT2D eigenvalue weighted by atomic mass is 10.1. The van der Waals surface area contributed by atoms with E-state index < -0.39 is 6.09 Å². The summed E-state index contributed by atoms with van der Waals surface area (Å²) in [5.74, 6) is -0.427. The van der Waals surface area contributed by atoms with Crippen LogP contribution in [0.1, 0.15) is 19.0 Å². The van der Waals surface area contributed by atoms with Crippen LogP contribution in [0.5, 0.6) is 0 Å². The van der Waals surface area contributed by atoms with E-state index in [0.29, 0.717) is 24.5 Å². The summed E-state index contributed by atoms with van der Waals surface area (Å²) in [5, 5.41) is 22.4. The van der Waals surface area contributed by atoms with E-state index in [2.05, 4.69) is 11.2 Å². The number of anilines is 1. The number of hydrogen-bond acceptors (Lipinski definition) is 4. The molecule has 110 valence electrons. The lowest BCUT2D eigenvalue weighted by molar-refractivity contribution is -0.117. The topological polar surface area (TPSA) is 102 Å². The first-order valence-electron chi connectivity index (χ1n) is 6.75. The number of carbonyl (C=O) groups excluding carboxylic acids is 1. The van der Waals surface area contributed by atoms with E-state index in [9.17, 15) is 14.7 Å². The normalized spacial score (nSPS) is 24.9. The summed E-state index contributed by atoms with van der Waals surface area (Å²) in [6.07, 6.45) is 0.814. The van der Waals surface area contributed by atoms with E-state index >= 15 is 0 Å². The van der Waals surface area contributed by atoms with Gasteiger partial charge in [0.05, 0.1) is 48.7 Å². The molecule has 1 saturated heterocycles. The van der Waals surface area contributed by atoms with Gasteiger partial charge in [-0.3, -0.25) is 14.4 Å². The third kappa shape index (κ3) is 2.11. The molecular formula is C13H15N5O3. The number of carboxylic acid groups (broad SMARTS) is 1. The molecule has 1 aromatic rings. The molecule has 2 atom stereocenters. The number of carbonyl (C=O) groups is 2. The van der Waals surface area contributed by atoms with Gasteiger partial charge in [0, 0.05) is 13.0 Å². The Morgan fingerprint density at radius 2 is 2.29 bits per heavy atom. The highest BCUT2D eigenvalue weighted by Gasteiger charge is 2.36. The third-order valence-electron chi connectivity index (χ3n) is 4.06. The van der Waals surface area contributed by atoms with Gasteiger partial charge in [0.2, 0.25) is 5.91 Å². The van der Waals surface area contributed by atoms with Crippen molar-refractivity contribution in [3.63, 3.8) is 0 Å². The van der Waals surface area contributed by atoms with Crippen LogP contribution >= 0.6 is 0 Å². The maximum atomic E-state index is 12.0. The average Bonchev–Trinajstić information content (AvgIpc) is 3.00. The third-order valence-corrected chi connectivity index (χ3v) is 4.06. The predicted octanol–water partition coefficient (Wildman–Crippen LogP) is 0.642. The van der Waals surface area contributed by atoms with Crippen LogP contribution in [0.15, 0.2) is 6.20 Å². The molecule has 21 heavy (non-hydrogen) atoms. The van der Waals surface area contributed by atoms with Gasteiger partial charge >= 0.3 is 6.09 Å². The maximum Gasteiger partial charge on any atom is 0.407 e. The molecule has 2 aliphatic heterocycles. The quantitative estimate of drug-likeness (QED) is 0.817. The Balaban J connectivity index is 1.92. The fourth-order valence-corrected chi connectivity index (χ4v) is 2.90. The molecule has 1 unspecified atom stereocenters. The van der Waals surface area contributed by atoms with Gasteiger partial charge in [0.25, 0.3) is 0 Å². The van der Waals surface area contributed by atoms with Crippen molar-refractivity contribution in [2.24, 2.45) is 5.92 Å². The predicted molar refractivity (Wildman–Crippen MR) is 71.3 cm³/mol. The summed E-state index contributed by atoms with van der Waals surface area (Å²) in [7, 11) is 0. The lowest BCUT2D eigenvalue weighted by Gasteiger charge is -2.32. The van der Waals surface area contributed by atoms with Crippen LogP contribution in [-0.4, -0.2) is 44.4 Å². The first kappa shape index (κ1) is 13.4. The first-order valence-corrected chi connectivity index (χ1v) is 6.75. The Hall–Kier alpha value is -2.56. The maximum absolute atomic E-state index is 12.0. The first-order chi connectivity index (χ1) is 10.0. The Bertz CT molecular complexity index is 647. The van der Waals surface area contributed by atoms with Crippen LogP contribution in [0.25, 0.3) is 0 Å². The van der Waals surface area contributed by atoms with Crippen molar-refractivity contribution in [2.45, 2.75) is 32.5 Å². The van der Waals surface area contributed by atoms with Gasteiger partial charge in [0.1, 0.15) is 0 Å². The molecule has 3 rings (SSSR count). The summed E-state index contributed by atoms with van der Waals surface area (Å²) in [4.78, 5) is 26.2. The highest BCUT2D eigenvalue weighted by atomic mass is 16.4. The number of nitriles is 1. The molecule has 2 amide bonds. The molecule has 0 aromatic carbocycles. The number of nitrogens with zero attached hydrogens (tertiary/aromatic N) is 5. The van der Waals surface area contributed by atoms with Crippen molar-refractivity contribution >= 4 is 17.7 Å². The van der Waals surface area contributed by atoms with Gasteiger partial charge in [0.15, 0.2) is 0 Å². The Morgan fingerprint density at radius 3 is 2.90 bits per heavy atom. The zero-order valence-electron chi connectivity index (χ0n) is 11.6. The van der Waals surface area contributed by atoms with Crippen LogP contribution < -0.4 is 4.90 Å². The highest BCUT2D eigenvalue weighted by molar-refractivity contribution is 5.96. The monoisotopic (exact) mass is 289 g/mol. The molecule has 1 N–H and O–H groups in total. The summed E-state index contributed by atoms with van der Waals surface area (Å²) < 4.78 is 1.74. The standard InChI is InChI=1S/C13H15N5O3/c1-8-5-18-11(7-16(8)13(20)21)10(4-15-18)17-6-9(3-14)2-12(17)19/h4,8-9H,2,5-7H2,1H3,(H,20,21)/t8-,9?/m0/s1. The molecule has 8 heteroatoms. The summed E-state index contributed by atoms with van der Waals surface area (Å²) in [5.41, 5.74) is 1.33. The van der Waals surface area contributed by atoms with E-state index in [1.165, 1.54) is 4.90 Å². The molecule has 1 fully saturated rings. The highest BCUT2D eigenvalue weighted by Crippen LogP contribution is 2.31. The Morgan fingerprint density at radius 1 is 1.52 bits per heavy atom. The van der Waals surface area contributed by atoms with Crippen molar-refractivity contribution < 1.29 is 14.7 Å². The fraction of sp³-hybridized carbons (Fsp3) is 0.538. The van der Waals surface area contributed by atoms with E-state index in [-0.39, 0.29) is 30.8 Å².